The van der Waals surface area contributed by atoms with Gasteiger partial charge in [0.05, 0.1) is 11.8 Å². The Bertz CT molecular complexity index is 606. The number of alkyl halides is 3. The third kappa shape index (κ3) is 3.78. The van der Waals surface area contributed by atoms with E-state index in [9.17, 15) is 17.6 Å². The molecule has 0 saturated heterocycles. The predicted molar refractivity (Wildman–Crippen MR) is 66.9 cm³/mol. The number of anilines is 1. The van der Waals surface area contributed by atoms with Crippen LogP contribution in [-0.2, 0) is 6.18 Å². The van der Waals surface area contributed by atoms with E-state index in [0.29, 0.717) is 11.8 Å². The van der Waals surface area contributed by atoms with E-state index >= 15 is 0 Å². The first kappa shape index (κ1) is 14.0. The standard InChI is InChI=1S/C13H9F4N3/c14-11-3-1-2-9(6-11)7-19-20-12-5-4-10(8-18-12)13(15,16)17/h1-8H,(H,18,20)/b19-7+. The van der Waals surface area contributed by atoms with Crippen molar-refractivity contribution in [3.63, 3.8) is 0 Å². The lowest BCUT2D eigenvalue weighted by Crippen LogP contribution is -2.05. The minimum absolute atomic E-state index is 0.158. The molecule has 3 nitrogen and oxygen atoms in total. The Morgan fingerprint density at radius 3 is 2.55 bits per heavy atom. The SMILES string of the molecule is Fc1cccc(/C=N/Nc2ccc(C(F)(F)F)cn2)c1. The maximum Gasteiger partial charge on any atom is 0.417 e. The number of pyridine rings is 1. The fraction of sp³-hybridized carbons (Fsp3) is 0.0769. The minimum atomic E-state index is -4.42. The second-order valence-corrected chi connectivity index (χ2v) is 3.85. The molecule has 0 unspecified atom stereocenters. The van der Waals surface area contributed by atoms with Crippen LogP contribution >= 0.6 is 0 Å². The molecule has 0 amide bonds. The van der Waals surface area contributed by atoms with Gasteiger partial charge in [0.2, 0.25) is 0 Å². The van der Waals surface area contributed by atoms with E-state index in [1.165, 1.54) is 24.4 Å². The summed E-state index contributed by atoms with van der Waals surface area (Å²) in [7, 11) is 0. The molecule has 104 valence electrons. The van der Waals surface area contributed by atoms with Crippen LogP contribution < -0.4 is 5.43 Å². The fourth-order valence-corrected chi connectivity index (χ4v) is 1.39. The highest BCUT2D eigenvalue weighted by Crippen LogP contribution is 2.28. The highest BCUT2D eigenvalue weighted by molar-refractivity contribution is 5.79. The van der Waals surface area contributed by atoms with Crippen molar-refractivity contribution in [1.82, 2.24) is 4.98 Å². The van der Waals surface area contributed by atoms with Crippen LogP contribution in [0.15, 0.2) is 47.7 Å². The van der Waals surface area contributed by atoms with Crippen LogP contribution in [0.25, 0.3) is 0 Å². The second-order valence-electron chi connectivity index (χ2n) is 3.85. The zero-order valence-electron chi connectivity index (χ0n) is 10.0. The minimum Gasteiger partial charge on any atom is -0.261 e. The summed E-state index contributed by atoms with van der Waals surface area (Å²) < 4.78 is 49.8. The van der Waals surface area contributed by atoms with E-state index in [1.54, 1.807) is 6.07 Å². The maximum atomic E-state index is 12.9. The molecule has 2 aromatic rings. The molecule has 7 heteroatoms. The van der Waals surface area contributed by atoms with Crippen LogP contribution in [0.4, 0.5) is 23.4 Å². The van der Waals surface area contributed by atoms with Crippen LogP contribution in [0.3, 0.4) is 0 Å². The molecule has 0 fully saturated rings. The normalized spacial score (nSPS) is 11.8. The summed E-state index contributed by atoms with van der Waals surface area (Å²) in [5.74, 6) is -0.243. The maximum absolute atomic E-state index is 12.9. The molecule has 0 saturated carbocycles. The van der Waals surface area contributed by atoms with E-state index in [4.69, 9.17) is 0 Å². The molecule has 20 heavy (non-hydrogen) atoms. The van der Waals surface area contributed by atoms with Gasteiger partial charge >= 0.3 is 6.18 Å². The van der Waals surface area contributed by atoms with Crippen molar-refractivity contribution in [3.05, 3.63) is 59.5 Å². The quantitative estimate of drug-likeness (QED) is 0.530. The first-order valence-electron chi connectivity index (χ1n) is 5.53. The zero-order chi connectivity index (χ0) is 14.6. The van der Waals surface area contributed by atoms with Crippen LogP contribution in [0.5, 0.6) is 0 Å². The zero-order valence-corrected chi connectivity index (χ0v) is 10.0. The smallest absolute Gasteiger partial charge is 0.261 e. The number of benzene rings is 1. The Kier molecular flexibility index (Phi) is 3.97. The molecule has 0 radical (unpaired) electrons. The Morgan fingerprint density at radius 2 is 1.95 bits per heavy atom. The fourth-order valence-electron chi connectivity index (χ4n) is 1.39. The number of hydrogen-bond acceptors (Lipinski definition) is 3. The van der Waals surface area contributed by atoms with Gasteiger partial charge in [0.25, 0.3) is 0 Å². The van der Waals surface area contributed by atoms with Gasteiger partial charge in [0, 0.05) is 6.20 Å². The molecular formula is C13H9F4N3. The summed E-state index contributed by atoms with van der Waals surface area (Å²) in [6.45, 7) is 0. The largest absolute Gasteiger partial charge is 0.417 e. The molecule has 1 N–H and O–H groups in total. The molecule has 0 aliphatic rings. The van der Waals surface area contributed by atoms with Crippen molar-refractivity contribution >= 4 is 12.0 Å². The van der Waals surface area contributed by atoms with Crippen LogP contribution in [0, 0.1) is 5.82 Å². The van der Waals surface area contributed by atoms with Gasteiger partial charge in [0.1, 0.15) is 11.6 Å². The molecule has 1 aromatic heterocycles. The first-order chi connectivity index (χ1) is 9.45. The summed E-state index contributed by atoms with van der Waals surface area (Å²) in [6.07, 6.45) is -2.38. The average Bonchev–Trinajstić information content (AvgIpc) is 2.38. The third-order valence-corrected chi connectivity index (χ3v) is 2.33. The Hall–Kier alpha value is -2.44. The first-order valence-corrected chi connectivity index (χ1v) is 5.53. The van der Waals surface area contributed by atoms with E-state index in [1.807, 2.05) is 0 Å². The number of hydrogen-bond donors (Lipinski definition) is 1. The number of halogens is 4. The molecule has 1 aromatic carbocycles. The van der Waals surface area contributed by atoms with Crippen LogP contribution in [-0.4, -0.2) is 11.2 Å². The van der Waals surface area contributed by atoms with Crippen molar-refractivity contribution in [2.45, 2.75) is 6.18 Å². The Labute approximate surface area is 112 Å². The number of nitrogens with zero attached hydrogens (tertiary/aromatic N) is 2. The van der Waals surface area contributed by atoms with Gasteiger partial charge in [-0.2, -0.15) is 18.3 Å². The molecule has 0 atom stereocenters. The van der Waals surface area contributed by atoms with Crippen molar-refractivity contribution in [1.29, 1.82) is 0 Å². The predicted octanol–water partition coefficient (Wildman–Crippen LogP) is 3.69. The van der Waals surface area contributed by atoms with Gasteiger partial charge in [-0.05, 0) is 29.8 Å². The summed E-state index contributed by atoms with van der Waals surface area (Å²) in [6, 6.07) is 7.77. The lowest BCUT2D eigenvalue weighted by Gasteiger charge is -2.06. The Morgan fingerprint density at radius 1 is 1.15 bits per heavy atom. The van der Waals surface area contributed by atoms with Crippen molar-refractivity contribution in [2.24, 2.45) is 5.10 Å². The lowest BCUT2D eigenvalue weighted by molar-refractivity contribution is -0.137. The van der Waals surface area contributed by atoms with Gasteiger partial charge in [0.15, 0.2) is 0 Å². The molecule has 0 spiro atoms. The van der Waals surface area contributed by atoms with Gasteiger partial charge in [-0.15, -0.1) is 0 Å². The molecule has 1 heterocycles. The van der Waals surface area contributed by atoms with Crippen molar-refractivity contribution in [2.75, 3.05) is 5.43 Å². The molecule has 0 aliphatic carbocycles. The van der Waals surface area contributed by atoms with Crippen LogP contribution in [0.1, 0.15) is 11.1 Å². The number of hydrazone groups is 1. The molecule has 0 bridgehead atoms. The van der Waals surface area contributed by atoms with Crippen molar-refractivity contribution < 1.29 is 17.6 Å². The molecular weight excluding hydrogens is 274 g/mol. The van der Waals surface area contributed by atoms with Crippen molar-refractivity contribution in [3.8, 4) is 0 Å². The van der Waals surface area contributed by atoms with E-state index < -0.39 is 17.6 Å². The summed E-state index contributed by atoms with van der Waals surface area (Å²) >= 11 is 0. The van der Waals surface area contributed by atoms with E-state index in [2.05, 4.69) is 15.5 Å². The average molecular weight is 283 g/mol. The number of aromatic nitrogens is 1. The molecule has 2 rings (SSSR count). The van der Waals surface area contributed by atoms with E-state index in [-0.39, 0.29) is 5.82 Å². The highest BCUT2D eigenvalue weighted by Gasteiger charge is 2.30. The number of rotatable bonds is 3. The summed E-state index contributed by atoms with van der Waals surface area (Å²) in [5, 5.41) is 3.76. The second kappa shape index (κ2) is 5.68. The van der Waals surface area contributed by atoms with Gasteiger partial charge in [-0.3, -0.25) is 5.43 Å². The summed E-state index contributed by atoms with van der Waals surface area (Å²) in [5.41, 5.74) is 2.14. The number of nitrogens with one attached hydrogen (secondary N) is 1. The van der Waals surface area contributed by atoms with Crippen LogP contribution in [0.2, 0.25) is 0 Å². The van der Waals surface area contributed by atoms with Gasteiger partial charge in [-0.1, -0.05) is 12.1 Å². The van der Waals surface area contributed by atoms with Gasteiger partial charge < -0.3 is 0 Å². The van der Waals surface area contributed by atoms with Gasteiger partial charge in [-0.25, -0.2) is 9.37 Å². The molecule has 0 aliphatic heterocycles. The third-order valence-electron chi connectivity index (χ3n) is 2.33. The topological polar surface area (TPSA) is 37.3 Å². The monoisotopic (exact) mass is 283 g/mol. The Balaban J connectivity index is 2.01. The highest BCUT2D eigenvalue weighted by atomic mass is 19.4. The van der Waals surface area contributed by atoms with E-state index in [0.717, 1.165) is 12.1 Å². The lowest BCUT2D eigenvalue weighted by atomic mass is 10.2. The summed E-state index contributed by atoms with van der Waals surface area (Å²) in [4.78, 5) is 3.57.